The predicted molar refractivity (Wildman–Crippen MR) is 123 cm³/mol. The lowest BCUT2D eigenvalue weighted by Crippen LogP contribution is -2.22. The molecule has 0 aliphatic rings. The van der Waals surface area contributed by atoms with E-state index in [9.17, 15) is 13.7 Å². The molecule has 0 aliphatic carbocycles. The molecule has 0 amide bonds. The highest BCUT2D eigenvalue weighted by Crippen LogP contribution is 2.35. The van der Waals surface area contributed by atoms with E-state index < -0.39 is 10.0 Å². The maximum Gasteiger partial charge on any atom is 0.242 e. The van der Waals surface area contributed by atoms with Crippen molar-refractivity contribution in [2.24, 2.45) is 4.99 Å². The van der Waals surface area contributed by atoms with E-state index in [2.05, 4.69) is 11.1 Å². The molecular formula is C23H25N5O2S. The van der Waals surface area contributed by atoms with Gasteiger partial charge in [0.1, 0.15) is 11.6 Å². The summed E-state index contributed by atoms with van der Waals surface area (Å²) in [6.07, 6.45) is 3.51. The van der Waals surface area contributed by atoms with E-state index in [-0.39, 0.29) is 4.90 Å². The van der Waals surface area contributed by atoms with E-state index in [0.717, 1.165) is 16.8 Å². The number of nitrogens with zero attached hydrogens (tertiary/aromatic N) is 5. The molecule has 0 radical (unpaired) electrons. The van der Waals surface area contributed by atoms with Gasteiger partial charge in [-0.2, -0.15) is 5.26 Å². The number of hydrogen-bond donors (Lipinski definition) is 0. The lowest BCUT2D eigenvalue weighted by atomic mass is 10.1. The van der Waals surface area contributed by atoms with Crippen molar-refractivity contribution in [1.82, 2.24) is 13.8 Å². The molecule has 8 heteroatoms. The van der Waals surface area contributed by atoms with Crippen LogP contribution in [0, 0.1) is 18.3 Å². The summed E-state index contributed by atoms with van der Waals surface area (Å²) in [6, 6.07) is 16.8. The van der Waals surface area contributed by atoms with E-state index in [4.69, 9.17) is 0 Å². The van der Waals surface area contributed by atoms with Gasteiger partial charge in [-0.3, -0.25) is 0 Å². The molecule has 3 rings (SSSR count). The van der Waals surface area contributed by atoms with Crippen molar-refractivity contribution < 1.29 is 8.42 Å². The number of aromatic nitrogens is 1. The van der Waals surface area contributed by atoms with Crippen molar-refractivity contribution in [2.75, 3.05) is 28.2 Å². The minimum absolute atomic E-state index is 0.198. The first-order chi connectivity index (χ1) is 14.6. The lowest BCUT2D eigenvalue weighted by molar-refractivity contribution is 0.521. The van der Waals surface area contributed by atoms with Crippen molar-refractivity contribution >= 4 is 22.2 Å². The molecule has 1 heterocycles. The summed E-state index contributed by atoms with van der Waals surface area (Å²) < 4.78 is 27.8. The molecule has 0 bridgehead atoms. The number of nitriles is 1. The Morgan fingerprint density at radius 3 is 2.13 bits per heavy atom. The SMILES string of the molecule is Cc1ccc(-n2cc(-c3ccc(S(=O)(=O)N(C)C)cc3)c(C#N)c2/N=C/N(C)C)cc1. The van der Waals surface area contributed by atoms with Crippen LogP contribution < -0.4 is 0 Å². The van der Waals surface area contributed by atoms with Gasteiger partial charge < -0.3 is 9.47 Å². The largest absolute Gasteiger partial charge is 0.369 e. The fourth-order valence-corrected chi connectivity index (χ4v) is 3.94. The number of aryl methyl sites for hydroxylation is 1. The molecule has 0 unspecified atom stereocenters. The minimum atomic E-state index is -3.53. The molecule has 3 aromatic rings. The molecule has 0 saturated carbocycles. The van der Waals surface area contributed by atoms with E-state index in [1.54, 1.807) is 35.5 Å². The van der Waals surface area contributed by atoms with Crippen LogP contribution in [0.5, 0.6) is 0 Å². The van der Waals surface area contributed by atoms with Crippen LogP contribution >= 0.6 is 0 Å². The third kappa shape index (κ3) is 4.53. The second-order valence-electron chi connectivity index (χ2n) is 7.58. The zero-order valence-corrected chi connectivity index (χ0v) is 19.1. The van der Waals surface area contributed by atoms with Crippen molar-refractivity contribution in [3.8, 4) is 22.9 Å². The van der Waals surface area contributed by atoms with E-state index in [0.29, 0.717) is 16.9 Å². The third-order valence-corrected chi connectivity index (χ3v) is 6.59. The first kappa shape index (κ1) is 22.3. The average molecular weight is 436 g/mol. The maximum atomic E-state index is 12.4. The van der Waals surface area contributed by atoms with Gasteiger partial charge in [-0.05, 0) is 36.8 Å². The van der Waals surface area contributed by atoms with Gasteiger partial charge in [-0.15, -0.1) is 0 Å². The molecule has 0 spiro atoms. The zero-order chi connectivity index (χ0) is 22.8. The van der Waals surface area contributed by atoms with Crippen LogP contribution in [-0.4, -0.2) is 56.7 Å². The Morgan fingerprint density at radius 1 is 1.00 bits per heavy atom. The van der Waals surface area contributed by atoms with Crippen molar-refractivity contribution in [3.05, 3.63) is 65.9 Å². The van der Waals surface area contributed by atoms with Crippen molar-refractivity contribution in [1.29, 1.82) is 5.26 Å². The Balaban J connectivity index is 2.18. The molecule has 0 fully saturated rings. The Hall–Kier alpha value is -3.41. The second kappa shape index (κ2) is 8.76. The molecule has 2 aromatic carbocycles. The molecule has 0 N–H and O–H groups in total. The van der Waals surface area contributed by atoms with Crippen LogP contribution in [-0.2, 0) is 10.0 Å². The lowest BCUT2D eigenvalue weighted by Gasteiger charge is -2.11. The van der Waals surface area contributed by atoms with Crippen LogP contribution in [0.1, 0.15) is 11.1 Å². The average Bonchev–Trinajstić information content (AvgIpc) is 3.11. The van der Waals surface area contributed by atoms with Gasteiger partial charge in [0.05, 0.1) is 11.2 Å². The van der Waals surface area contributed by atoms with Gasteiger partial charge in [0.25, 0.3) is 0 Å². The van der Waals surface area contributed by atoms with Gasteiger partial charge >= 0.3 is 0 Å². The molecular weight excluding hydrogens is 410 g/mol. The van der Waals surface area contributed by atoms with Gasteiger partial charge in [0, 0.05) is 45.6 Å². The summed E-state index contributed by atoms with van der Waals surface area (Å²) in [4.78, 5) is 6.54. The van der Waals surface area contributed by atoms with E-state index >= 15 is 0 Å². The first-order valence-electron chi connectivity index (χ1n) is 9.61. The van der Waals surface area contributed by atoms with Crippen molar-refractivity contribution in [2.45, 2.75) is 11.8 Å². The number of benzene rings is 2. The smallest absolute Gasteiger partial charge is 0.242 e. The second-order valence-corrected chi connectivity index (χ2v) is 9.73. The molecule has 0 aliphatic heterocycles. The highest BCUT2D eigenvalue weighted by Gasteiger charge is 2.20. The van der Waals surface area contributed by atoms with Gasteiger partial charge in [-0.1, -0.05) is 29.8 Å². The highest BCUT2D eigenvalue weighted by molar-refractivity contribution is 7.89. The van der Waals surface area contributed by atoms with Crippen LogP contribution in [0.25, 0.3) is 16.8 Å². The predicted octanol–water partition coefficient (Wildman–Crippen LogP) is 3.80. The van der Waals surface area contributed by atoms with Crippen LogP contribution in [0.3, 0.4) is 0 Å². The van der Waals surface area contributed by atoms with E-state index in [1.807, 2.05) is 56.0 Å². The molecule has 0 saturated heterocycles. The summed E-state index contributed by atoms with van der Waals surface area (Å²) in [5.74, 6) is 0.514. The third-order valence-electron chi connectivity index (χ3n) is 4.76. The van der Waals surface area contributed by atoms with Gasteiger partial charge in [0.15, 0.2) is 5.82 Å². The molecule has 7 nitrogen and oxygen atoms in total. The monoisotopic (exact) mass is 435 g/mol. The minimum Gasteiger partial charge on any atom is -0.369 e. The van der Waals surface area contributed by atoms with Crippen LogP contribution in [0.15, 0.2) is 64.6 Å². The molecule has 0 atom stereocenters. The van der Waals surface area contributed by atoms with Crippen LogP contribution in [0.2, 0.25) is 0 Å². The Bertz CT molecular complexity index is 1250. The molecule has 160 valence electrons. The number of sulfonamides is 1. The fraction of sp³-hybridized carbons (Fsp3) is 0.217. The maximum absolute atomic E-state index is 12.4. The summed E-state index contributed by atoms with van der Waals surface area (Å²) in [5, 5.41) is 9.93. The summed E-state index contributed by atoms with van der Waals surface area (Å²) >= 11 is 0. The quantitative estimate of drug-likeness (QED) is 0.436. The molecule has 1 aromatic heterocycles. The topological polar surface area (TPSA) is 81.7 Å². The molecule has 31 heavy (non-hydrogen) atoms. The standard InChI is InChI=1S/C23H25N5O2S/c1-17-6-10-19(11-7-17)28-15-22(21(14-24)23(28)25-16-26(2)3)18-8-12-20(13-9-18)31(29,30)27(4)5/h6-13,15-16H,1-5H3/b25-16+. The Morgan fingerprint density at radius 2 is 1.61 bits per heavy atom. The van der Waals surface area contributed by atoms with Crippen LogP contribution in [0.4, 0.5) is 5.82 Å². The fourth-order valence-electron chi connectivity index (χ4n) is 3.04. The Kier molecular flexibility index (Phi) is 6.29. The first-order valence-corrected chi connectivity index (χ1v) is 11.0. The highest BCUT2D eigenvalue weighted by atomic mass is 32.2. The number of rotatable bonds is 6. The van der Waals surface area contributed by atoms with Crippen molar-refractivity contribution in [3.63, 3.8) is 0 Å². The Labute approximate surface area is 183 Å². The normalized spacial score (nSPS) is 11.8. The van der Waals surface area contributed by atoms with Gasteiger partial charge in [0.2, 0.25) is 10.0 Å². The number of aliphatic imine (C=N–C) groups is 1. The summed E-state index contributed by atoms with van der Waals surface area (Å²) in [7, 11) is 3.18. The zero-order valence-electron chi connectivity index (χ0n) is 18.2. The summed E-state index contributed by atoms with van der Waals surface area (Å²) in [5.41, 5.74) is 3.85. The number of hydrogen-bond acceptors (Lipinski definition) is 4. The van der Waals surface area contributed by atoms with Gasteiger partial charge in [-0.25, -0.2) is 17.7 Å². The summed E-state index contributed by atoms with van der Waals surface area (Å²) in [6.45, 7) is 2.01. The van der Waals surface area contributed by atoms with E-state index in [1.165, 1.54) is 18.4 Å².